The minimum atomic E-state index is -6.94. The van der Waals surface area contributed by atoms with Crippen LogP contribution in [0.5, 0.6) is 0 Å². The quantitative estimate of drug-likeness (QED) is 0.294. The molecule has 0 bridgehead atoms. The second kappa shape index (κ2) is 6.18. The van der Waals surface area contributed by atoms with Crippen molar-refractivity contribution in [1.29, 1.82) is 0 Å². The molecule has 1 fully saturated rings. The number of hydrogen-bond acceptors (Lipinski definition) is 2. The summed E-state index contributed by atoms with van der Waals surface area (Å²) in [6, 6.07) is 0. The molecular weight excluding hydrogens is 485 g/mol. The van der Waals surface area contributed by atoms with Gasteiger partial charge < -0.3 is 9.31 Å². The first-order chi connectivity index (χ1) is 10.7. The summed E-state index contributed by atoms with van der Waals surface area (Å²) in [6.45, 7) is 6.01. The highest BCUT2D eigenvalue weighted by Crippen LogP contribution is 2.54. The number of hydrogen-bond donors (Lipinski definition) is 0. The van der Waals surface area contributed by atoms with Crippen LogP contribution in [0.3, 0.4) is 0 Å². The minimum Gasteiger partial charge on any atom is -0.399 e. The van der Waals surface area contributed by atoms with Crippen LogP contribution < -0.4 is 0 Å². The van der Waals surface area contributed by atoms with Crippen molar-refractivity contribution in [2.45, 2.75) is 62.8 Å². The van der Waals surface area contributed by atoms with Crippen LogP contribution in [0, 0.1) is 0 Å². The average molecular weight is 498 g/mol. The lowest BCUT2D eigenvalue weighted by Crippen LogP contribution is -2.60. The molecule has 0 amide bonds. The van der Waals surface area contributed by atoms with Gasteiger partial charge in [-0.1, -0.05) is 22.6 Å². The third-order valence-electron chi connectivity index (χ3n) is 3.97. The second-order valence-electron chi connectivity index (χ2n) is 6.39. The summed E-state index contributed by atoms with van der Waals surface area (Å²) < 4.78 is 125. The smallest absolute Gasteiger partial charge is 0.399 e. The molecule has 1 rings (SSSR count). The van der Waals surface area contributed by atoms with E-state index in [9.17, 15) is 39.5 Å². The predicted octanol–water partition coefficient (Wildman–Crippen LogP) is 5.40. The molecule has 146 valence electrons. The highest BCUT2D eigenvalue weighted by Gasteiger charge is 2.81. The van der Waals surface area contributed by atoms with E-state index in [1.807, 2.05) is 0 Å². The van der Waals surface area contributed by atoms with Crippen molar-refractivity contribution in [2.24, 2.45) is 0 Å². The zero-order valence-electron chi connectivity index (χ0n) is 13.3. The maximum Gasteiger partial charge on any atom is 0.501 e. The van der Waals surface area contributed by atoms with E-state index in [0.717, 1.165) is 22.6 Å². The monoisotopic (exact) mass is 498 g/mol. The molecule has 1 aliphatic rings. The van der Waals surface area contributed by atoms with Crippen molar-refractivity contribution in [1.82, 2.24) is 0 Å². The van der Waals surface area contributed by atoms with Crippen LogP contribution in [0.1, 0.15) is 27.7 Å². The highest BCUT2D eigenvalue weighted by molar-refractivity contribution is 14.1. The van der Waals surface area contributed by atoms with Crippen LogP contribution in [0.15, 0.2) is 9.56 Å². The first-order valence-electron chi connectivity index (χ1n) is 6.64. The van der Waals surface area contributed by atoms with Crippen LogP contribution in [-0.2, 0) is 9.31 Å². The summed E-state index contributed by atoms with van der Waals surface area (Å²) in [5.74, 6) is -19.5. The maximum absolute atomic E-state index is 13.6. The lowest BCUT2D eigenvalue weighted by Gasteiger charge is -2.32. The summed E-state index contributed by atoms with van der Waals surface area (Å²) in [7, 11) is -1.62. The SMILES string of the molecule is CC1(C)OB(/C(I)=C\C(F)(F)C(F)(F)C(F)(F)C(F)(F)F)OC1(C)C. The zero-order chi connectivity index (χ0) is 20.3. The molecule has 0 radical (unpaired) electrons. The molecule has 25 heavy (non-hydrogen) atoms. The molecule has 1 aliphatic heterocycles. The summed E-state index contributed by atoms with van der Waals surface area (Å²) in [5.41, 5.74) is -2.12. The summed E-state index contributed by atoms with van der Waals surface area (Å²) in [6.07, 6.45) is -7.56. The van der Waals surface area contributed by atoms with Crippen molar-refractivity contribution in [3.63, 3.8) is 0 Å². The largest absolute Gasteiger partial charge is 0.501 e. The Morgan fingerprint density at radius 1 is 0.800 bits per heavy atom. The third-order valence-corrected chi connectivity index (χ3v) is 4.79. The molecule has 13 heteroatoms. The molecule has 0 unspecified atom stereocenters. The number of halogens is 10. The van der Waals surface area contributed by atoms with Crippen LogP contribution in [0.2, 0.25) is 0 Å². The van der Waals surface area contributed by atoms with Gasteiger partial charge in [0.2, 0.25) is 0 Å². The van der Waals surface area contributed by atoms with Gasteiger partial charge in [-0.25, -0.2) is 0 Å². The van der Waals surface area contributed by atoms with Crippen molar-refractivity contribution in [2.75, 3.05) is 0 Å². The van der Waals surface area contributed by atoms with Gasteiger partial charge >= 0.3 is 31.1 Å². The van der Waals surface area contributed by atoms with Gasteiger partial charge in [0.1, 0.15) is 0 Å². The highest BCUT2D eigenvalue weighted by atomic mass is 127. The fraction of sp³-hybridized carbons (Fsp3) is 0.833. The van der Waals surface area contributed by atoms with Gasteiger partial charge in [-0.2, -0.15) is 39.5 Å². The fourth-order valence-corrected chi connectivity index (χ4v) is 2.32. The molecule has 0 N–H and O–H groups in total. The number of allylic oxidation sites excluding steroid dienone is 1. The topological polar surface area (TPSA) is 18.5 Å². The van der Waals surface area contributed by atoms with Crippen LogP contribution in [-0.4, -0.2) is 42.3 Å². The molecular formula is C12H13BF9IO2. The Morgan fingerprint density at radius 2 is 1.16 bits per heavy atom. The summed E-state index contributed by atoms with van der Waals surface area (Å²) in [4.78, 5) is 0. The van der Waals surface area contributed by atoms with Gasteiger partial charge in [-0.3, -0.25) is 0 Å². The Kier molecular flexibility index (Phi) is 5.65. The molecule has 0 atom stereocenters. The Labute approximate surface area is 151 Å². The molecule has 1 saturated heterocycles. The lowest BCUT2D eigenvalue weighted by molar-refractivity contribution is -0.388. The first-order valence-corrected chi connectivity index (χ1v) is 7.71. The Balaban J connectivity index is 3.21. The molecule has 0 aromatic rings. The Hall–Kier alpha value is -0.175. The van der Waals surface area contributed by atoms with E-state index in [1.54, 1.807) is 0 Å². The Bertz CT molecular complexity index is 541. The van der Waals surface area contributed by atoms with Gasteiger partial charge in [0.25, 0.3) is 0 Å². The van der Waals surface area contributed by atoms with E-state index in [4.69, 9.17) is 9.31 Å². The van der Waals surface area contributed by atoms with E-state index < -0.39 is 51.8 Å². The van der Waals surface area contributed by atoms with E-state index in [0.29, 0.717) is 0 Å². The normalized spacial score (nSPS) is 22.5. The Morgan fingerprint density at radius 3 is 1.48 bits per heavy atom. The molecule has 1 heterocycles. The van der Waals surface area contributed by atoms with Gasteiger partial charge in [-0.05, 0) is 33.8 Å². The standard InChI is InChI=1S/C12H13BF9IO2/c1-7(2)8(3,4)25-13(24-7)6(23)5-9(14,15)10(16,17)11(18,19)12(20,21)22/h5H,1-4H3/b6-5+. The van der Waals surface area contributed by atoms with Crippen LogP contribution in [0.25, 0.3) is 0 Å². The lowest BCUT2D eigenvalue weighted by atomic mass is 9.88. The van der Waals surface area contributed by atoms with Gasteiger partial charge in [0, 0.05) is 3.48 Å². The van der Waals surface area contributed by atoms with E-state index >= 15 is 0 Å². The van der Waals surface area contributed by atoms with Crippen molar-refractivity contribution in [3.05, 3.63) is 9.56 Å². The molecule has 0 saturated carbocycles. The van der Waals surface area contributed by atoms with Crippen molar-refractivity contribution < 1.29 is 48.8 Å². The fourth-order valence-electron chi connectivity index (χ4n) is 1.67. The van der Waals surface area contributed by atoms with E-state index in [-0.39, 0.29) is 0 Å². The van der Waals surface area contributed by atoms with E-state index in [2.05, 4.69) is 0 Å². The third kappa shape index (κ3) is 3.78. The van der Waals surface area contributed by atoms with Crippen LogP contribution in [0.4, 0.5) is 39.5 Å². The van der Waals surface area contributed by atoms with Crippen molar-refractivity contribution in [3.8, 4) is 0 Å². The van der Waals surface area contributed by atoms with Gasteiger partial charge in [-0.15, -0.1) is 0 Å². The van der Waals surface area contributed by atoms with Gasteiger partial charge in [0.05, 0.1) is 11.2 Å². The second-order valence-corrected chi connectivity index (χ2v) is 7.63. The predicted molar refractivity (Wildman–Crippen MR) is 79.1 cm³/mol. The summed E-state index contributed by atoms with van der Waals surface area (Å²) >= 11 is 1.06. The molecule has 0 aromatic heterocycles. The van der Waals surface area contributed by atoms with Gasteiger partial charge in [0.15, 0.2) is 0 Å². The molecule has 0 aromatic carbocycles. The molecule has 0 spiro atoms. The van der Waals surface area contributed by atoms with E-state index in [1.165, 1.54) is 27.7 Å². The van der Waals surface area contributed by atoms with Crippen LogP contribution >= 0.6 is 22.6 Å². The minimum absolute atomic E-state index is 0.699. The first kappa shape index (κ1) is 22.9. The molecule has 2 nitrogen and oxygen atoms in total. The molecule has 0 aliphatic carbocycles. The summed E-state index contributed by atoms with van der Waals surface area (Å²) in [5, 5.41) is 0. The van der Waals surface area contributed by atoms with Crippen molar-refractivity contribution >= 4 is 29.7 Å². The average Bonchev–Trinajstić information content (AvgIpc) is 2.56. The number of alkyl halides is 9. The number of rotatable bonds is 4. The maximum atomic E-state index is 13.6. The zero-order valence-corrected chi connectivity index (χ0v) is 15.4.